The van der Waals surface area contributed by atoms with Crippen molar-refractivity contribution in [2.45, 2.75) is 25.2 Å². The Balaban J connectivity index is 1.65. The van der Waals surface area contributed by atoms with Crippen LogP contribution in [-0.2, 0) is 4.74 Å². The number of ether oxygens (including phenoxy) is 1. The minimum Gasteiger partial charge on any atom is -0.387 e. The number of thiophene rings is 1. The summed E-state index contributed by atoms with van der Waals surface area (Å²) in [6.07, 6.45) is -0.144. The topological polar surface area (TPSA) is 32.7 Å². The third kappa shape index (κ3) is 3.71. The van der Waals surface area contributed by atoms with Gasteiger partial charge < -0.3 is 9.84 Å². The van der Waals surface area contributed by atoms with E-state index in [4.69, 9.17) is 4.74 Å². The van der Waals surface area contributed by atoms with Crippen LogP contribution < -0.4 is 0 Å². The fourth-order valence-electron chi connectivity index (χ4n) is 2.86. The van der Waals surface area contributed by atoms with Gasteiger partial charge in [0.1, 0.15) is 0 Å². The van der Waals surface area contributed by atoms with Gasteiger partial charge in [0, 0.05) is 19.6 Å². The number of morpholine rings is 1. The standard InChI is InChI=1S/C17H21NO2S/c1-13-9-18(10-16(19)14-5-3-2-4-6-14)11-17(20-13)15-7-8-21-12-15/h2-8,12-13,16-17,19H,9-11H2,1H3. The van der Waals surface area contributed by atoms with Gasteiger partial charge in [-0.3, -0.25) is 4.90 Å². The van der Waals surface area contributed by atoms with Crippen LogP contribution in [0, 0.1) is 0 Å². The highest BCUT2D eigenvalue weighted by Crippen LogP contribution is 2.28. The maximum atomic E-state index is 10.4. The molecule has 3 rings (SSSR count). The van der Waals surface area contributed by atoms with Crippen LogP contribution >= 0.6 is 11.3 Å². The van der Waals surface area contributed by atoms with Crippen LogP contribution in [0.4, 0.5) is 0 Å². The van der Waals surface area contributed by atoms with Gasteiger partial charge in [0.2, 0.25) is 0 Å². The van der Waals surface area contributed by atoms with E-state index in [0.717, 1.165) is 18.7 Å². The lowest BCUT2D eigenvalue weighted by Gasteiger charge is -2.37. The first-order valence-electron chi connectivity index (χ1n) is 7.35. The minimum absolute atomic E-state index is 0.114. The molecule has 3 atom stereocenters. The third-order valence-electron chi connectivity index (χ3n) is 3.87. The smallest absolute Gasteiger partial charge is 0.0964 e. The van der Waals surface area contributed by atoms with E-state index < -0.39 is 6.10 Å². The molecule has 3 unspecified atom stereocenters. The first-order valence-corrected chi connectivity index (χ1v) is 8.29. The van der Waals surface area contributed by atoms with Gasteiger partial charge in [-0.25, -0.2) is 0 Å². The molecule has 2 aromatic rings. The molecule has 1 aromatic carbocycles. The number of benzene rings is 1. The van der Waals surface area contributed by atoms with Gasteiger partial charge in [0.25, 0.3) is 0 Å². The molecule has 112 valence electrons. The van der Waals surface area contributed by atoms with E-state index in [1.165, 1.54) is 5.56 Å². The van der Waals surface area contributed by atoms with E-state index in [9.17, 15) is 5.11 Å². The zero-order chi connectivity index (χ0) is 14.7. The molecule has 1 aromatic heterocycles. The summed E-state index contributed by atoms with van der Waals surface area (Å²) in [6, 6.07) is 12.0. The summed E-state index contributed by atoms with van der Waals surface area (Å²) >= 11 is 1.70. The predicted molar refractivity (Wildman–Crippen MR) is 85.4 cm³/mol. The van der Waals surface area contributed by atoms with Crippen LogP contribution in [-0.4, -0.2) is 35.7 Å². The van der Waals surface area contributed by atoms with Crippen LogP contribution in [0.3, 0.4) is 0 Å². The maximum absolute atomic E-state index is 10.4. The molecular formula is C17H21NO2S. The quantitative estimate of drug-likeness (QED) is 0.941. The van der Waals surface area contributed by atoms with Crippen molar-refractivity contribution in [1.29, 1.82) is 0 Å². The van der Waals surface area contributed by atoms with Gasteiger partial charge in [-0.15, -0.1) is 0 Å². The Kier molecular flexibility index (Phi) is 4.70. The Morgan fingerprint density at radius 1 is 1.29 bits per heavy atom. The predicted octanol–water partition coefficient (Wildman–Crippen LogP) is 3.24. The summed E-state index contributed by atoms with van der Waals surface area (Å²) in [5, 5.41) is 14.6. The summed E-state index contributed by atoms with van der Waals surface area (Å²) in [5.74, 6) is 0. The van der Waals surface area contributed by atoms with E-state index in [2.05, 4.69) is 28.7 Å². The van der Waals surface area contributed by atoms with E-state index in [0.29, 0.717) is 6.54 Å². The van der Waals surface area contributed by atoms with Crippen molar-refractivity contribution in [2.75, 3.05) is 19.6 Å². The Bertz CT molecular complexity index is 543. The number of hydrogen-bond donors (Lipinski definition) is 1. The normalized spacial score (nSPS) is 24.9. The molecule has 0 saturated carbocycles. The second kappa shape index (κ2) is 6.71. The van der Waals surface area contributed by atoms with E-state index in [1.807, 2.05) is 30.3 Å². The van der Waals surface area contributed by atoms with Crippen molar-refractivity contribution in [1.82, 2.24) is 4.90 Å². The Morgan fingerprint density at radius 3 is 2.81 bits per heavy atom. The fourth-order valence-corrected chi connectivity index (χ4v) is 3.56. The SMILES string of the molecule is CC1CN(CC(O)c2ccccc2)CC(c2ccsc2)O1. The fraction of sp³-hybridized carbons (Fsp3) is 0.412. The van der Waals surface area contributed by atoms with Gasteiger partial charge in [-0.2, -0.15) is 11.3 Å². The molecular weight excluding hydrogens is 282 g/mol. The van der Waals surface area contributed by atoms with Gasteiger partial charge >= 0.3 is 0 Å². The molecule has 0 radical (unpaired) electrons. The zero-order valence-electron chi connectivity index (χ0n) is 12.2. The zero-order valence-corrected chi connectivity index (χ0v) is 13.0. The second-order valence-corrected chi connectivity index (χ2v) is 6.42. The van der Waals surface area contributed by atoms with Crippen LogP contribution in [0.5, 0.6) is 0 Å². The minimum atomic E-state index is -0.445. The highest BCUT2D eigenvalue weighted by Gasteiger charge is 2.28. The lowest BCUT2D eigenvalue weighted by molar-refractivity contribution is -0.0868. The van der Waals surface area contributed by atoms with Crippen molar-refractivity contribution >= 4 is 11.3 Å². The van der Waals surface area contributed by atoms with Crippen LogP contribution in [0.2, 0.25) is 0 Å². The summed E-state index contributed by atoms with van der Waals surface area (Å²) in [4.78, 5) is 2.30. The summed E-state index contributed by atoms with van der Waals surface area (Å²) in [6.45, 7) is 4.45. The third-order valence-corrected chi connectivity index (χ3v) is 4.57. The van der Waals surface area contributed by atoms with E-state index >= 15 is 0 Å². The lowest BCUT2D eigenvalue weighted by Crippen LogP contribution is -2.44. The molecule has 1 fully saturated rings. The van der Waals surface area contributed by atoms with E-state index in [1.54, 1.807) is 11.3 Å². The molecule has 0 bridgehead atoms. The molecule has 21 heavy (non-hydrogen) atoms. The first-order chi connectivity index (χ1) is 10.2. The van der Waals surface area contributed by atoms with Gasteiger partial charge in [0.15, 0.2) is 0 Å². The highest BCUT2D eigenvalue weighted by atomic mass is 32.1. The molecule has 2 heterocycles. The monoisotopic (exact) mass is 303 g/mol. The first kappa shape index (κ1) is 14.7. The number of aliphatic hydroxyl groups is 1. The molecule has 1 aliphatic rings. The number of nitrogens with zero attached hydrogens (tertiary/aromatic N) is 1. The van der Waals surface area contributed by atoms with Gasteiger partial charge in [0.05, 0.1) is 18.3 Å². The summed E-state index contributed by atoms with van der Waals surface area (Å²) in [7, 11) is 0. The Labute approximate surface area is 129 Å². The van der Waals surface area contributed by atoms with Gasteiger partial charge in [-0.1, -0.05) is 30.3 Å². The molecule has 3 nitrogen and oxygen atoms in total. The van der Waals surface area contributed by atoms with Crippen LogP contribution in [0.15, 0.2) is 47.2 Å². The van der Waals surface area contributed by atoms with E-state index in [-0.39, 0.29) is 12.2 Å². The van der Waals surface area contributed by atoms with Crippen molar-refractivity contribution in [3.05, 3.63) is 58.3 Å². The van der Waals surface area contributed by atoms with Gasteiger partial charge in [-0.05, 0) is 34.9 Å². The number of β-amino-alcohol motifs (C(OH)–C–C–N with tert-alkyl or cyclic N) is 1. The number of hydrogen-bond acceptors (Lipinski definition) is 4. The maximum Gasteiger partial charge on any atom is 0.0964 e. The lowest BCUT2D eigenvalue weighted by atomic mass is 10.1. The molecule has 0 amide bonds. The van der Waals surface area contributed by atoms with Crippen molar-refractivity contribution in [2.24, 2.45) is 0 Å². The van der Waals surface area contributed by atoms with Crippen molar-refractivity contribution in [3.8, 4) is 0 Å². The largest absolute Gasteiger partial charge is 0.387 e. The molecule has 4 heteroatoms. The molecule has 0 aliphatic carbocycles. The average Bonchev–Trinajstić information content (AvgIpc) is 3.02. The molecule has 0 spiro atoms. The number of aliphatic hydroxyl groups excluding tert-OH is 1. The van der Waals surface area contributed by atoms with Crippen LogP contribution in [0.25, 0.3) is 0 Å². The molecule has 1 aliphatic heterocycles. The summed E-state index contributed by atoms with van der Waals surface area (Å²) < 4.78 is 6.03. The average molecular weight is 303 g/mol. The number of rotatable bonds is 4. The highest BCUT2D eigenvalue weighted by molar-refractivity contribution is 7.07. The van der Waals surface area contributed by atoms with Crippen molar-refractivity contribution < 1.29 is 9.84 Å². The Hall–Kier alpha value is -1.20. The second-order valence-electron chi connectivity index (χ2n) is 5.64. The van der Waals surface area contributed by atoms with Crippen molar-refractivity contribution in [3.63, 3.8) is 0 Å². The Morgan fingerprint density at radius 2 is 2.10 bits per heavy atom. The molecule has 1 saturated heterocycles. The summed E-state index contributed by atoms with van der Waals surface area (Å²) in [5.41, 5.74) is 2.22. The van der Waals surface area contributed by atoms with Crippen LogP contribution in [0.1, 0.15) is 30.3 Å². The molecule has 1 N–H and O–H groups in total.